The number of carbonyl (C=O) groups excluding carboxylic acids is 1. The second-order valence-electron chi connectivity index (χ2n) is 5.75. The third-order valence-corrected chi connectivity index (χ3v) is 5.59. The van der Waals surface area contributed by atoms with Crippen molar-refractivity contribution in [1.82, 2.24) is 10.2 Å². The monoisotopic (exact) mass is 369 g/mol. The Morgan fingerprint density at radius 2 is 1.84 bits per heavy atom. The number of hydrogen-bond acceptors (Lipinski definition) is 5. The average Bonchev–Trinajstić information content (AvgIpc) is 3.05. The fourth-order valence-corrected chi connectivity index (χ4v) is 3.94. The molecule has 128 valence electrons. The van der Waals surface area contributed by atoms with Gasteiger partial charge in [-0.15, -0.1) is 22.0 Å². The number of rotatable bonds is 6. The second kappa shape index (κ2) is 8.27. The lowest BCUT2D eigenvalue weighted by Crippen LogP contribution is -2.14. The van der Waals surface area contributed by atoms with E-state index in [0.717, 1.165) is 16.3 Å². The molecule has 1 amide bonds. The standard InChI is InChI=1S/C19H19N3OS2/c1-13-7-9-15(10-8-13)18-21-22-19(25-18)20-17(23)12-24-11-16-6-4-3-5-14(16)2/h3-10H,11-12H2,1-2H3,(H,20,22,23). The zero-order valence-corrected chi connectivity index (χ0v) is 15.8. The van der Waals surface area contributed by atoms with Crippen LogP contribution in [0, 0.1) is 13.8 Å². The third-order valence-electron chi connectivity index (χ3n) is 3.72. The molecule has 0 saturated carbocycles. The summed E-state index contributed by atoms with van der Waals surface area (Å²) in [6, 6.07) is 16.3. The molecular formula is C19H19N3OS2. The predicted octanol–water partition coefficient (Wildman–Crippen LogP) is 4.69. The van der Waals surface area contributed by atoms with E-state index in [1.54, 1.807) is 11.8 Å². The number of hydrogen-bond donors (Lipinski definition) is 1. The zero-order chi connectivity index (χ0) is 17.6. The van der Waals surface area contributed by atoms with E-state index in [4.69, 9.17) is 0 Å². The first-order valence-corrected chi connectivity index (χ1v) is 9.91. The molecule has 1 N–H and O–H groups in total. The molecule has 4 nitrogen and oxygen atoms in total. The van der Waals surface area contributed by atoms with Gasteiger partial charge in [-0.25, -0.2) is 0 Å². The topological polar surface area (TPSA) is 54.9 Å². The summed E-state index contributed by atoms with van der Waals surface area (Å²) in [5, 5.41) is 12.4. The number of nitrogens with one attached hydrogen (secondary N) is 1. The van der Waals surface area contributed by atoms with Crippen molar-refractivity contribution in [1.29, 1.82) is 0 Å². The van der Waals surface area contributed by atoms with E-state index in [0.29, 0.717) is 10.9 Å². The molecule has 0 bridgehead atoms. The number of nitrogens with zero attached hydrogens (tertiary/aromatic N) is 2. The normalized spacial score (nSPS) is 10.6. The minimum Gasteiger partial charge on any atom is -0.300 e. The van der Waals surface area contributed by atoms with Crippen molar-refractivity contribution in [2.45, 2.75) is 19.6 Å². The maximum atomic E-state index is 12.1. The van der Waals surface area contributed by atoms with Gasteiger partial charge in [0.2, 0.25) is 11.0 Å². The summed E-state index contributed by atoms with van der Waals surface area (Å²) in [5.41, 5.74) is 4.73. The summed E-state index contributed by atoms with van der Waals surface area (Å²) >= 11 is 2.99. The Hall–Kier alpha value is -2.18. The zero-order valence-electron chi connectivity index (χ0n) is 14.2. The summed E-state index contributed by atoms with van der Waals surface area (Å²) in [6.45, 7) is 4.13. The lowest BCUT2D eigenvalue weighted by Gasteiger charge is -2.05. The van der Waals surface area contributed by atoms with Crippen LogP contribution in [0.25, 0.3) is 10.6 Å². The Bertz CT molecular complexity index is 859. The van der Waals surface area contributed by atoms with Gasteiger partial charge in [0, 0.05) is 11.3 Å². The highest BCUT2D eigenvalue weighted by atomic mass is 32.2. The minimum absolute atomic E-state index is 0.0507. The molecule has 3 rings (SSSR count). The number of benzene rings is 2. The second-order valence-corrected chi connectivity index (χ2v) is 7.71. The van der Waals surface area contributed by atoms with Gasteiger partial charge in [-0.05, 0) is 25.0 Å². The number of amides is 1. The van der Waals surface area contributed by atoms with Gasteiger partial charge in [-0.2, -0.15) is 0 Å². The van der Waals surface area contributed by atoms with Crippen molar-refractivity contribution >= 4 is 34.1 Å². The van der Waals surface area contributed by atoms with Crippen molar-refractivity contribution in [2.24, 2.45) is 0 Å². The molecule has 6 heteroatoms. The van der Waals surface area contributed by atoms with Crippen LogP contribution in [-0.4, -0.2) is 21.9 Å². The van der Waals surface area contributed by atoms with Crippen LogP contribution in [0.1, 0.15) is 16.7 Å². The molecule has 0 atom stereocenters. The quantitative estimate of drug-likeness (QED) is 0.685. The van der Waals surface area contributed by atoms with E-state index in [1.807, 2.05) is 43.3 Å². The molecule has 0 aliphatic heterocycles. The summed E-state index contributed by atoms with van der Waals surface area (Å²) in [7, 11) is 0. The van der Waals surface area contributed by atoms with Gasteiger partial charge in [0.1, 0.15) is 5.01 Å². The number of aromatic nitrogens is 2. The molecule has 1 heterocycles. The average molecular weight is 370 g/mol. The molecule has 0 unspecified atom stereocenters. The predicted molar refractivity (Wildman–Crippen MR) is 106 cm³/mol. The first-order chi connectivity index (χ1) is 12.1. The van der Waals surface area contributed by atoms with Crippen LogP contribution in [0.15, 0.2) is 48.5 Å². The Morgan fingerprint density at radius 1 is 1.08 bits per heavy atom. The van der Waals surface area contributed by atoms with Crippen molar-refractivity contribution < 1.29 is 4.79 Å². The van der Waals surface area contributed by atoms with Crippen molar-refractivity contribution in [3.63, 3.8) is 0 Å². The lowest BCUT2D eigenvalue weighted by atomic mass is 10.1. The third kappa shape index (κ3) is 4.90. The van der Waals surface area contributed by atoms with Crippen LogP contribution in [-0.2, 0) is 10.5 Å². The first kappa shape index (κ1) is 17.6. The Balaban J connectivity index is 1.51. The van der Waals surface area contributed by atoms with E-state index in [2.05, 4.69) is 34.6 Å². The number of thioether (sulfide) groups is 1. The molecule has 0 aliphatic rings. The van der Waals surface area contributed by atoms with Crippen molar-refractivity contribution in [2.75, 3.05) is 11.1 Å². The number of anilines is 1. The van der Waals surface area contributed by atoms with Crippen LogP contribution >= 0.6 is 23.1 Å². The van der Waals surface area contributed by atoms with Gasteiger partial charge in [0.25, 0.3) is 0 Å². The Kier molecular flexibility index (Phi) is 5.83. The van der Waals surface area contributed by atoms with Gasteiger partial charge in [0.15, 0.2) is 0 Å². The minimum atomic E-state index is -0.0507. The molecule has 1 aromatic heterocycles. The SMILES string of the molecule is Cc1ccc(-c2nnc(NC(=O)CSCc3ccccc3C)s2)cc1. The lowest BCUT2D eigenvalue weighted by molar-refractivity contribution is -0.113. The van der Waals surface area contributed by atoms with Crippen LogP contribution in [0.3, 0.4) is 0 Å². The molecule has 0 spiro atoms. The van der Waals surface area contributed by atoms with Crippen LogP contribution < -0.4 is 5.32 Å². The largest absolute Gasteiger partial charge is 0.300 e. The number of carbonyl (C=O) groups is 1. The van der Waals surface area contributed by atoms with Crippen molar-refractivity contribution in [3.05, 3.63) is 65.2 Å². The molecule has 0 aliphatic carbocycles. The maximum Gasteiger partial charge on any atom is 0.236 e. The van der Waals surface area contributed by atoms with E-state index >= 15 is 0 Å². The molecule has 0 saturated heterocycles. The molecule has 3 aromatic rings. The van der Waals surface area contributed by atoms with E-state index in [1.165, 1.54) is 28.0 Å². The van der Waals surface area contributed by atoms with E-state index < -0.39 is 0 Å². The molecule has 2 aromatic carbocycles. The van der Waals surface area contributed by atoms with Gasteiger partial charge in [-0.1, -0.05) is 65.4 Å². The Morgan fingerprint density at radius 3 is 2.60 bits per heavy atom. The number of aryl methyl sites for hydroxylation is 2. The molecular weight excluding hydrogens is 350 g/mol. The smallest absolute Gasteiger partial charge is 0.236 e. The summed E-state index contributed by atoms with van der Waals surface area (Å²) in [5.74, 6) is 1.17. The molecule has 0 fully saturated rings. The van der Waals surface area contributed by atoms with Gasteiger partial charge in [-0.3, -0.25) is 10.1 Å². The van der Waals surface area contributed by atoms with Crippen LogP contribution in [0.2, 0.25) is 0 Å². The molecule has 0 radical (unpaired) electrons. The fraction of sp³-hybridized carbons (Fsp3) is 0.211. The highest BCUT2D eigenvalue weighted by Gasteiger charge is 2.10. The fourth-order valence-electron chi connectivity index (χ4n) is 2.27. The molecule has 25 heavy (non-hydrogen) atoms. The van der Waals surface area contributed by atoms with Crippen molar-refractivity contribution in [3.8, 4) is 10.6 Å². The van der Waals surface area contributed by atoms with Gasteiger partial charge in [0.05, 0.1) is 5.75 Å². The highest BCUT2D eigenvalue weighted by Crippen LogP contribution is 2.26. The van der Waals surface area contributed by atoms with Crippen LogP contribution in [0.4, 0.5) is 5.13 Å². The highest BCUT2D eigenvalue weighted by molar-refractivity contribution is 7.99. The van der Waals surface area contributed by atoms with E-state index in [-0.39, 0.29) is 5.91 Å². The Labute approximate surface area is 155 Å². The first-order valence-electron chi connectivity index (χ1n) is 7.94. The maximum absolute atomic E-state index is 12.1. The van der Waals surface area contributed by atoms with E-state index in [9.17, 15) is 4.79 Å². The van der Waals surface area contributed by atoms with Gasteiger partial charge >= 0.3 is 0 Å². The van der Waals surface area contributed by atoms with Crippen LogP contribution in [0.5, 0.6) is 0 Å². The van der Waals surface area contributed by atoms with Gasteiger partial charge < -0.3 is 0 Å². The summed E-state index contributed by atoms with van der Waals surface area (Å²) in [6.07, 6.45) is 0. The summed E-state index contributed by atoms with van der Waals surface area (Å²) < 4.78 is 0. The summed E-state index contributed by atoms with van der Waals surface area (Å²) in [4.78, 5) is 12.1.